The molecule has 3 rings (SSSR count). The number of ether oxygens (including phenoxy) is 3. The van der Waals surface area contributed by atoms with Crippen molar-refractivity contribution in [1.82, 2.24) is 0 Å². The van der Waals surface area contributed by atoms with E-state index < -0.39 is 0 Å². The Kier molecular flexibility index (Phi) is 3.44. The van der Waals surface area contributed by atoms with Crippen molar-refractivity contribution in [3.05, 3.63) is 42.5 Å². The minimum Gasteiger partial charge on any atom is -0.496 e. The summed E-state index contributed by atoms with van der Waals surface area (Å²) in [6, 6.07) is 13.5. The van der Waals surface area contributed by atoms with Gasteiger partial charge < -0.3 is 18.6 Å². The maximum absolute atomic E-state index is 5.89. The molecule has 0 N–H and O–H groups in total. The third-order valence-corrected chi connectivity index (χ3v) is 3.40. The van der Waals surface area contributed by atoms with Crippen molar-refractivity contribution in [2.75, 3.05) is 21.3 Å². The Morgan fingerprint density at radius 2 is 1.43 bits per heavy atom. The first-order valence-corrected chi connectivity index (χ1v) is 6.55. The van der Waals surface area contributed by atoms with E-state index in [1.165, 1.54) is 0 Å². The Labute approximate surface area is 122 Å². The first kappa shape index (κ1) is 13.4. The predicted molar refractivity (Wildman–Crippen MR) is 81.3 cm³/mol. The van der Waals surface area contributed by atoms with Gasteiger partial charge in [0.2, 0.25) is 0 Å². The van der Waals surface area contributed by atoms with Gasteiger partial charge in [-0.1, -0.05) is 18.2 Å². The molecule has 0 aliphatic rings. The zero-order valence-corrected chi connectivity index (χ0v) is 12.2. The number of para-hydroxylation sites is 1. The van der Waals surface area contributed by atoms with Gasteiger partial charge in [-0.2, -0.15) is 0 Å². The molecule has 0 amide bonds. The number of benzene rings is 2. The Balaban J connectivity index is 2.20. The fourth-order valence-electron chi connectivity index (χ4n) is 2.34. The number of rotatable bonds is 4. The van der Waals surface area contributed by atoms with Crippen molar-refractivity contribution >= 4 is 11.0 Å². The quantitative estimate of drug-likeness (QED) is 0.722. The summed E-state index contributed by atoms with van der Waals surface area (Å²) >= 11 is 0. The average molecular weight is 284 g/mol. The lowest BCUT2D eigenvalue weighted by atomic mass is 10.1. The fourth-order valence-corrected chi connectivity index (χ4v) is 2.34. The molecule has 2 aromatic carbocycles. The highest BCUT2D eigenvalue weighted by Crippen LogP contribution is 2.41. The molecule has 0 saturated carbocycles. The summed E-state index contributed by atoms with van der Waals surface area (Å²) in [5.74, 6) is 2.66. The van der Waals surface area contributed by atoms with Crippen molar-refractivity contribution in [3.8, 4) is 28.6 Å². The Hall–Kier alpha value is -2.62. The van der Waals surface area contributed by atoms with Crippen LogP contribution in [0.3, 0.4) is 0 Å². The van der Waals surface area contributed by atoms with E-state index in [9.17, 15) is 0 Å². The SMILES string of the molecule is COc1cc(OC)c(-c2cc3ccccc3o2)cc1OC. The van der Waals surface area contributed by atoms with Crippen LogP contribution in [-0.4, -0.2) is 21.3 Å². The van der Waals surface area contributed by atoms with Crippen LogP contribution in [0.1, 0.15) is 0 Å². The highest BCUT2D eigenvalue weighted by atomic mass is 16.5. The normalized spacial score (nSPS) is 10.6. The molecule has 1 aromatic heterocycles. The van der Waals surface area contributed by atoms with E-state index in [-0.39, 0.29) is 0 Å². The summed E-state index contributed by atoms with van der Waals surface area (Å²) in [5, 5.41) is 1.05. The lowest BCUT2D eigenvalue weighted by Gasteiger charge is -2.12. The van der Waals surface area contributed by atoms with Crippen molar-refractivity contribution < 1.29 is 18.6 Å². The van der Waals surface area contributed by atoms with Gasteiger partial charge in [0, 0.05) is 11.5 Å². The van der Waals surface area contributed by atoms with E-state index in [1.54, 1.807) is 27.4 Å². The van der Waals surface area contributed by atoms with E-state index in [2.05, 4.69) is 0 Å². The van der Waals surface area contributed by atoms with E-state index in [0.29, 0.717) is 17.2 Å². The second kappa shape index (κ2) is 5.40. The molecule has 4 heteroatoms. The summed E-state index contributed by atoms with van der Waals surface area (Å²) in [7, 11) is 4.82. The number of hydrogen-bond donors (Lipinski definition) is 0. The molecule has 0 radical (unpaired) electrons. The van der Waals surface area contributed by atoms with Gasteiger partial charge in [-0.3, -0.25) is 0 Å². The first-order chi connectivity index (χ1) is 10.3. The minimum atomic E-state index is 0.620. The maximum Gasteiger partial charge on any atom is 0.164 e. The lowest BCUT2D eigenvalue weighted by molar-refractivity contribution is 0.349. The van der Waals surface area contributed by atoms with Gasteiger partial charge in [-0.15, -0.1) is 0 Å². The van der Waals surface area contributed by atoms with E-state index in [1.807, 2.05) is 36.4 Å². The zero-order chi connectivity index (χ0) is 14.8. The van der Waals surface area contributed by atoms with Crippen LogP contribution in [0.15, 0.2) is 46.9 Å². The van der Waals surface area contributed by atoms with Crippen molar-refractivity contribution in [3.63, 3.8) is 0 Å². The third kappa shape index (κ3) is 2.29. The highest BCUT2D eigenvalue weighted by Gasteiger charge is 2.16. The Morgan fingerprint density at radius 1 is 0.762 bits per heavy atom. The zero-order valence-electron chi connectivity index (χ0n) is 12.2. The minimum absolute atomic E-state index is 0.620. The fraction of sp³-hybridized carbons (Fsp3) is 0.176. The molecule has 3 aromatic rings. The molecule has 0 atom stereocenters. The number of fused-ring (bicyclic) bond motifs is 1. The first-order valence-electron chi connectivity index (χ1n) is 6.55. The highest BCUT2D eigenvalue weighted by molar-refractivity contribution is 5.84. The van der Waals surface area contributed by atoms with Crippen molar-refractivity contribution in [1.29, 1.82) is 0 Å². The Bertz CT molecular complexity index is 741. The molecule has 4 nitrogen and oxygen atoms in total. The van der Waals surface area contributed by atoms with Gasteiger partial charge >= 0.3 is 0 Å². The molecule has 108 valence electrons. The van der Waals surface area contributed by atoms with Crippen LogP contribution in [-0.2, 0) is 0 Å². The molecule has 21 heavy (non-hydrogen) atoms. The molecular formula is C17H16O4. The average Bonchev–Trinajstić information content (AvgIpc) is 2.97. The molecule has 0 bridgehead atoms. The second-order valence-electron chi connectivity index (χ2n) is 4.56. The second-order valence-corrected chi connectivity index (χ2v) is 4.56. The van der Waals surface area contributed by atoms with Gasteiger partial charge in [-0.25, -0.2) is 0 Å². The van der Waals surface area contributed by atoms with Crippen molar-refractivity contribution in [2.24, 2.45) is 0 Å². The van der Waals surface area contributed by atoms with Crippen LogP contribution in [0, 0.1) is 0 Å². The van der Waals surface area contributed by atoms with E-state index in [4.69, 9.17) is 18.6 Å². The largest absolute Gasteiger partial charge is 0.496 e. The number of furan rings is 1. The number of methoxy groups -OCH3 is 3. The Morgan fingerprint density at radius 3 is 2.10 bits per heavy atom. The smallest absolute Gasteiger partial charge is 0.164 e. The molecule has 0 aliphatic carbocycles. The molecule has 0 spiro atoms. The van der Waals surface area contributed by atoms with Gasteiger partial charge in [-0.05, 0) is 18.2 Å². The van der Waals surface area contributed by atoms with Gasteiger partial charge in [0.25, 0.3) is 0 Å². The molecule has 0 aliphatic heterocycles. The summed E-state index contributed by atoms with van der Waals surface area (Å²) < 4.78 is 22.0. The summed E-state index contributed by atoms with van der Waals surface area (Å²) in [6.07, 6.45) is 0. The van der Waals surface area contributed by atoms with Crippen LogP contribution >= 0.6 is 0 Å². The van der Waals surface area contributed by atoms with Crippen LogP contribution in [0.25, 0.3) is 22.3 Å². The van der Waals surface area contributed by atoms with Crippen LogP contribution in [0.5, 0.6) is 17.2 Å². The molecule has 0 unspecified atom stereocenters. The van der Waals surface area contributed by atoms with E-state index >= 15 is 0 Å². The summed E-state index contributed by atoms with van der Waals surface area (Å²) in [5.41, 5.74) is 1.66. The van der Waals surface area contributed by atoms with Crippen LogP contribution < -0.4 is 14.2 Å². The summed E-state index contributed by atoms with van der Waals surface area (Å²) in [6.45, 7) is 0. The molecule has 0 saturated heterocycles. The topological polar surface area (TPSA) is 40.8 Å². The van der Waals surface area contributed by atoms with Crippen molar-refractivity contribution in [2.45, 2.75) is 0 Å². The van der Waals surface area contributed by atoms with Gasteiger partial charge in [0.05, 0.1) is 26.9 Å². The van der Waals surface area contributed by atoms with Crippen LogP contribution in [0.2, 0.25) is 0 Å². The standard InChI is InChI=1S/C17H16O4/c1-18-14-10-17(20-3)16(19-2)9-12(14)15-8-11-6-4-5-7-13(11)21-15/h4-10H,1-3H3. The molecular weight excluding hydrogens is 268 g/mol. The van der Waals surface area contributed by atoms with E-state index in [0.717, 1.165) is 22.3 Å². The summed E-state index contributed by atoms with van der Waals surface area (Å²) in [4.78, 5) is 0. The van der Waals surface area contributed by atoms with Gasteiger partial charge in [0.15, 0.2) is 11.5 Å². The predicted octanol–water partition coefficient (Wildman–Crippen LogP) is 4.13. The monoisotopic (exact) mass is 284 g/mol. The molecule has 1 heterocycles. The third-order valence-electron chi connectivity index (χ3n) is 3.40. The van der Waals surface area contributed by atoms with Crippen LogP contribution in [0.4, 0.5) is 0 Å². The lowest BCUT2D eigenvalue weighted by Crippen LogP contribution is -1.94. The van der Waals surface area contributed by atoms with Gasteiger partial charge in [0.1, 0.15) is 17.1 Å². The molecule has 0 fully saturated rings. The number of hydrogen-bond acceptors (Lipinski definition) is 4. The maximum atomic E-state index is 5.89.